The Hall–Kier alpha value is -4.19. The van der Waals surface area contributed by atoms with Crippen molar-refractivity contribution in [1.29, 1.82) is 0 Å². The van der Waals surface area contributed by atoms with Crippen molar-refractivity contribution in [1.82, 2.24) is 0 Å². The van der Waals surface area contributed by atoms with E-state index in [1.54, 1.807) is 0 Å². The van der Waals surface area contributed by atoms with Gasteiger partial charge < -0.3 is 14.2 Å². The maximum absolute atomic E-state index is 12.9. The van der Waals surface area contributed by atoms with Crippen LogP contribution in [0.1, 0.15) is 297 Å². The molecule has 0 spiro atoms. The first-order valence-corrected chi connectivity index (χ1v) is 32.5. The lowest BCUT2D eigenvalue weighted by atomic mass is 10.0. The van der Waals surface area contributed by atoms with E-state index in [2.05, 4.69) is 142 Å². The van der Waals surface area contributed by atoms with E-state index in [-0.39, 0.29) is 31.1 Å². The molecule has 0 saturated carbocycles. The number of carbonyl (C=O) groups is 3. The van der Waals surface area contributed by atoms with Crippen molar-refractivity contribution in [3.63, 3.8) is 0 Å². The molecule has 0 aliphatic rings. The zero-order chi connectivity index (χ0) is 56.4. The quantitative estimate of drug-likeness (QED) is 0.0261. The Balaban J connectivity index is 4.18. The number of esters is 3. The van der Waals surface area contributed by atoms with Crippen LogP contribution in [0.25, 0.3) is 0 Å². The Bertz CT molecular complexity index is 1620. The van der Waals surface area contributed by atoms with Gasteiger partial charge in [-0.3, -0.25) is 14.4 Å². The normalized spacial score (nSPS) is 12.9. The van der Waals surface area contributed by atoms with Gasteiger partial charge in [-0.15, -0.1) is 0 Å². The molecule has 444 valence electrons. The summed E-state index contributed by atoms with van der Waals surface area (Å²) >= 11 is 0. The largest absolute Gasteiger partial charge is 0.462 e. The third kappa shape index (κ3) is 62.7. The van der Waals surface area contributed by atoms with Crippen LogP contribution in [0.4, 0.5) is 0 Å². The molecule has 0 heterocycles. The summed E-state index contributed by atoms with van der Waals surface area (Å²) in [5.74, 6) is -0.907. The van der Waals surface area contributed by atoms with E-state index in [0.29, 0.717) is 19.3 Å². The summed E-state index contributed by atoms with van der Waals surface area (Å²) in [5.41, 5.74) is 0. The minimum Gasteiger partial charge on any atom is -0.462 e. The van der Waals surface area contributed by atoms with Gasteiger partial charge in [-0.1, -0.05) is 290 Å². The van der Waals surface area contributed by atoms with E-state index in [9.17, 15) is 14.4 Å². The molecule has 78 heavy (non-hydrogen) atoms. The van der Waals surface area contributed by atoms with Crippen LogP contribution < -0.4 is 0 Å². The van der Waals surface area contributed by atoms with Gasteiger partial charge in [-0.25, -0.2) is 0 Å². The smallest absolute Gasteiger partial charge is 0.306 e. The molecule has 0 rings (SSSR count). The Labute approximate surface area is 482 Å². The summed E-state index contributed by atoms with van der Waals surface area (Å²) < 4.78 is 16.9. The summed E-state index contributed by atoms with van der Waals surface area (Å²) in [6.07, 6.45) is 90.8. The Morgan fingerprint density at radius 3 is 0.782 bits per heavy atom. The van der Waals surface area contributed by atoms with E-state index in [0.717, 1.165) is 135 Å². The molecular weight excluding hydrogens is 961 g/mol. The highest BCUT2D eigenvalue weighted by Crippen LogP contribution is 2.16. The van der Waals surface area contributed by atoms with Crippen LogP contribution in [0, 0.1) is 0 Å². The number of ether oxygens (including phenoxy) is 3. The first-order chi connectivity index (χ1) is 38.5. The van der Waals surface area contributed by atoms with Crippen molar-refractivity contribution in [3.8, 4) is 0 Å². The summed E-state index contributed by atoms with van der Waals surface area (Å²) in [4.78, 5) is 38.2. The molecule has 1 atom stereocenters. The molecule has 0 saturated heterocycles. The Kier molecular flexibility index (Phi) is 61.8. The fourth-order valence-corrected chi connectivity index (χ4v) is 8.91. The second-order valence-corrected chi connectivity index (χ2v) is 21.3. The van der Waals surface area contributed by atoms with Crippen molar-refractivity contribution in [2.24, 2.45) is 0 Å². The number of carbonyl (C=O) groups excluding carboxylic acids is 3. The van der Waals surface area contributed by atoms with Gasteiger partial charge in [0, 0.05) is 19.3 Å². The molecule has 6 heteroatoms. The molecule has 6 nitrogen and oxygen atoms in total. The molecule has 1 unspecified atom stereocenters. The SMILES string of the molecule is CC/C=C\C/C=C\C/C=C\C/C=C\C/C=C\C/C=C\CCCCCCCCCCCCCCCCC(=O)OCC(COC(=O)CCCCCCCCCCCC)OC(=O)CCCCCC/C=C\C/C=C\C/C=C\C/C=C\CC. The number of hydrogen-bond acceptors (Lipinski definition) is 6. The van der Waals surface area contributed by atoms with Crippen LogP contribution in [-0.4, -0.2) is 37.2 Å². The number of unbranched alkanes of at least 4 members (excludes halogenated alkanes) is 27. The lowest BCUT2D eigenvalue weighted by Gasteiger charge is -2.18. The first-order valence-electron chi connectivity index (χ1n) is 32.5. The summed E-state index contributed by atoms with van der Waals surface area (Å²) in [7, 11) is 0. The maximum atomic E-state index is 12.9. The minimum absolute atomic E-state index is 0.0865. The molecule has 0 N–H and O–H groups in total. The van der Waals surface area contributed by atoms with E-state index in [1.807, 2.05) is 0 Å². The van der Waals surface area contributed by atoms with Gasteiger partial charge in [0.2, 0.25) is 0 Å². The molecule has 0 aromatic carbocycles. The van der Waals surface area contributed by atoms with Crippen molar-refractivity contribution in [3.05, 3.63) is 122 Å². The van der Waals surface area contributed by atoms with E-state index in [4.69, 9.17) is 14.2 Å². The second-order valence-electron chi connectivity index (χ2n) is 21.3. The highest BCUT2D eigenvalue weighted by Gasteiger charge is 2.19. The van der Waals surface area contributed by atoms with Crippen molar-refractivity contribution >= 4 is 17.9 Å². The van der Waals surface area contributed by atoms with Gasteiger partial charge in [0.05, 0.1) is 0 Å². The van der Waals surface area contributed by atoms with E-state index < -0.39 is 6.10 Å². The number of allylic oxidation sites excluding steroid dienone is 20. The van der Waals surface area contributed by atoms with Crippen LogP contribution >= 0.6 is 0 Å². The lowest BCUT2D eigenvalue weighted by Crippen LogP contribution is -2.30. The predicted molar refractivity (Wildman–Crippen MR) is 339 cm³/mol. The van der Waals surface area contributed by atoms with E-state index >= 15 is 0 Å². The monoisotopic (exact) mass is 1080 g/mol. The van der Waals surface area contributed by atoms with Crippen molar-refractivity contribution in [2.45, 2.75) is 303 Å². The average molecular weight is 1080 g/mol. The third-order valence-corrected chi connectivity index (χ3v) is 13.7. The number of rotatable bonds is 58. The van der Waals surface area contributed by atoms with Gasteiger partial charge in [-0.05, 0) is 109 Å². The minimum atomic E-state index is -0.791. The molecule has 0 aliphatic heterocycles. The van der Waals surface area contributed by atoms with Crippen molar-refractivity contribution in [2.75, 3.05) is 13.2 Å². The molecular formula is C72H120O6. The molecule has 0 aromatic heterocycles. The average Bonchev–Trinajstić information content (AvgIpc) is 3.44. The molecule has 0 aromatic rings. The standard InChI is InChI=1S/C72H120O6/c1-4-7-10-13-16-19-22-24-26-28-29-30-31-32-33-34-35-36-37-38-39-40-41-42-43-45-46-48-50-53-56-59-62-65-71(74)77-68-69(67-76-70(73)64-61-58-55-52-21-18-15-12-9-6-3)78-72(75)66-63-60-57-54-51-49-47-44-27-25-23-20-17-14-11-8-5-2/h7-8,10-11,16-17,19-20,24-27,29-30,32-33,35-36,47,49,69H,4-6,9,12-15,18,21-23,28,31,34,37-46,48,50-68H2,1-3H3/b10-7-,11-8-,19-16-,20-17-,26-24-,27-25-,30-29-,33-32-,36-35-,49-47-. The lowest BCUT2D eigenvalue weighted by molar-refractivity contribution is -0.167. The summed E-state index contributed by atoms with van der Waals surface area (Å²) in [6, 6.07) is 0. The van der Waals surface area contributed by atoms with Gasteiger partial charge in [0.15, 0.2) is 6.10 Å². The van der Waals surface area contributed by atoms with Gasteiger partial charge in [0.25, 0.3) is 0 Å². The maximum Gasteiger partial charge on any atom is 0.306 e. The number of hydrogen-bond donors (Lipinski definition) is 0. The van der Waals surface area contributed by atoms with Gasteiger partial charge >= 0.3 is 17.9 Å². The van der Waals surface area contributed by atoms with Crippen LogP contribution in [0.3, 0.4) is 0 Å². The van der Waals surface area contributed by atoms with Crippen LogP contribution in [0.15, 0.2) is 122 Å². The summed E-state index contributed by atoms with van der Waals surface area (Å²) in [6.45, 7) is 6.39. The molecule has 0 amide bonds. The van der Waals surface area contributed by atoms with Crippen LogP contribution in [-0.2, 0) is 28.6 Å². The zero-order valence-corrected chi connectivity index (χ0v) is 50.9. The van der Waals surface area contributed by atoms with Crippen molar-refractivity contribution < 1.29 is 28.6 Å². The summed E-state index contributed by atoms with van der Waals surface area (Å²) in [5, 5.41) is 0. The molecule has 0 bridgehead atoms. The first kappa shape index (κ1) is 73.8. The van der Waals surface area contributed by atoms with Gasteiger partial charge in [-0.2, -0.15) is 0 Å². The fourth-order valence-electron chi connectivity index (χ4n) is 8.91. The van der Waals surface area contributed by atoms with Gasteiger partial charge in [0.1, 0.15) is 13.2 Å². The van der Waals surface area contributed by atoms with Crippen LogP contribution in [0.2, 0.25) is 0 Å². The molecule has 0 aliphatic carbocycles. The molecule has 0 radical (unpaired) electrons. The topological polar surface area (TPSA) is 78.9 Å². The Morgan fingerprint density at radius 2 is 0.500 bits per heavy atom. The highest BCUT2D eigenvalue weighted by atomic mass is 16.6. The fraction of sp³-hybridized carbons (Fsp3) is 0.681. The highest BCUT2D eigenvalue weighted by molar-refractivity contribution is 5.71. The Morgan fingerprint density at radius 1 is 0.269 bits per heavy atom. The zero-order valence-electron chi connectivity index (χ0n) is 50.9. The van der Waals surface area contributed by atoms with E-state index in [1.165, 1.54) is 122 Å². The second kappa shape index (κ2) is 65.3. The van der Waals surface area contributed by atoms with Crippen LogP contribution in [0.5, 0.6) is 0 Å². The predicted octanol–water partition coefficient (Wildman–Crippen LogP) is 22.4. The third-order valence-electron chi connectivity index (χ3n) is 13.7. The molecule has 0 fully saturated rings.